The second-order valence-electron chi connectivity index (χ2n) is 3.60. The molecule has 0 radical (unpaired) electrons. The molecule has 0 aliphatic rings. The zero-order chi connectivity index (χ0) is 13.8. The van der Waals surface area contributed by atoms with Crippen LogP contribution in [0.1, 0.15) is 6.92 Å². The zero-order valence-electron chi connectivity index (χ0n) is 9.85. The fourth-order valence-corrected chi connectivity index (χ4v) is 1.64. The molecule has 5 nitrogen and oxygen atoms in total. The van der Waals surface area contributed by atoms with Gasteiger partial charge in [-0.2, -0.15) is 0 Å². The first-order chi connectivity index (χ1) is 9.06. The predicted molar refractivity (Wildman–Crippen MR) is 72.9 cm³/mol. The van der Waals surface area contributed by atoms with Crippen LogP contribution in [0.15, 0.2) is 30.3 Å². The molecule has 1 aromatic carbocycles. The van der Waals surface area contributed by atoms with Gasteiger partial charge in [0, 0.05) is 13.0 Å². The predicted octanol–water partition coefficient (Wildman–Crippen LogP) is 3.53. The first kappa shape index (κ1) is 13.6. The molecule has 1 aromatic heterocycles. The number of ether oxygens (including phenoxy) is 1. The molecular weight excluding hydrogens is 289 g/mol. The Kier molecular flexibility index (Phi) is 4.19. The van der Waals surface area contributed by atoms with E-state index in [1.54, 1.807) is 24.3 Å². The minimum atomic E-state index is -0.201. The van der Waals surface area contributed by atoms with Gasteiger partial charge in [-0.15, -0.1) is 10.2 Å². The van der Waals surface area contributed by atoms with Gasteiger partial charge in [-0.25, -0.2) is 0 Å². The number of halogens is 2. The van der Waals surface area contributed by atoms with E-state index < -0.39 is 0 Å². The Labute approximate surface area is 119 Å². The SMILES string of the molecule is CC(=O)Nc1ccccc1Oc1cc(Cl)nnc1Cl. The molecule has 2 rings (SSSR count). The molecule has 19 heavy (non-hydrogen) atoms. The van der Waals surface area contributed by atoms with Crippen LogP contribution in [0.5, 0.6) is 11.5 Å². The summed E-state index contributed by atoms with van der Waals surface area (Å²) in [5, 5.41) is 10.1. The van der Waals surface area contributed by atoms with Crippen molar-refractivity contribution in [3.63, 3.8) is 0 Å². The van der Waals surface area contributed by atoms with Gasteiger partial charge in [0.1, 0.15) is 0 Å². The summed E-state index contributed by atoms with van der Waals surface area (Å²) in [6, 6.07) is 8.39. The minimum absolute atomic E-state index is 0.0852. The molecule has 0 unspecified atom stereocenters. The van der Waals surface area contributed by atoms with Gasteiger partial charge >= 0.3 is 0 Å². The second-order valence-corrected chi connectivity index (χ2v) is 4.35. The number of aromatic nitrogens is 2. The van der Waals surface area contributed by atoms with Crippen LogP contribution in [-0.2, 0) is 4.79 Å². The minimum Gasteiger partial charge on any atom is -0.452 e. The van der Waals surface area contributed by atoms with E-state index in [-0.39, 0.29) is 22.0 Å². The Morgan fingerprint density at radius 1 is 1.21 bits per heavy atom. The number of para-hydroxylation sites is 2. The van der Waals surface area contributed by atoms with Gasteiger partial charge in [0.25, 0.3) is 0 Å². The Morgan fingerprint density at radius 3 is 2.68 bits per heavy atom. The molecule has 2 aromatic rings. The maximum absolute atomic E-state index is 11.1. The number of rotatable bonds is 3. The maximum atomic E-state index is 11.1. The van der Waals surface area contributed by atoms with Crippen LogP contribution in [0.3, 0.4) is 0 Å². The quantitative estimate of drug-likeness (QED) is 0.941. The summed E-state index contributed by atoms with van der Waals surface area (Å²) in [4.78, 5) is 11.1. The standard InChI is InChI=1S/C12H9Cl2N3O2/c1-7(18)15-8-4-2-3-5-9(8)19-10-6-11(13)16-17-12(10)14/h2-6H,1H3,(H,15,18). The number of nitrogens with zero attached hydrogens (tertiary/aromatic N) is 2. The molecular formula is C12H9Cl2N3O2. The van der Waals surface area contributed by atoms with E-state index >= 15 is 0 Å². The lowest BCUT2D eigenvalue weighted by atomic mass is 10.3. The second kappa shape index (κ2) is 5.86. The van der Waals surface area contributed by atoms with Gasteiger partial charge < -0.3 is 10.1 Å². The highest BCUT2D eigenvalue weighted by molar-refractivity contribution is 6.32. The number of carbonyl (C=O) groups is 1. The van der Waals surface area contributed by atoms with E-state index in [1.165, 1.54) is 13.0 Å². The molecule has 0 aliphatic carbocycles. The van der Waals surface area contributed by atoms with Crippen molar-refractivity contribution >= 4 is 34.8 Å². The lowest BCUT2D eigenvalue weighted by molar-refractivity contribution is -0.114. The Balaban J connectivity index is 2.32. The molecule has 1 amide bonds. The summed E-state index contributed by atoms with van der Waals surface area (Å²) in [5.41, 5.74) is 0.527. The average molecular weight is 298 g/mol. The van der Waals surface area contributed by atoms with Crippen LogP contribution in [0.25, 0.3) is 0 Å². The first-order valence-electron chi connectivity index (χ1n) is 5.29. The smallest absolute Gasteiger partial charge is 0.221 e. The fraction of sp³-hybridized carbons (Fsp3) is 0.0833. The summed E-state index contributed by atoms with van der Waals surface area (Å²) in [6.45, 7) is 1.41. The van der Waals surface area contributed by atoms with Crippen molar-refractivity contribution in [1.29, 1.82) is 0 Å². The van der Waals surface area contributed by atoms with E-state index in [9.17, 15) is 4.79 Å². The van der Waals surface area contributed by atoms with Gasteiger partial charge in [-0.05, 0) is 12.1 Å². The fourth-order valence-electron chi connectivity index (χ4n) is 1.38. The third-order valence-corrected chi connectivity index (χ3v) is 2.55. The third kappa shape index (κ3) is 3.56. The normalized spacial score (nSPS) is 10.1. The molecule has 0 saturated carbocycles. The van der Waals surface area contributed by atoms with Crippen molar-refractivity contribution in [2.45, 2.75) is 6.92 Å². The summed E-state index contributed by atoms with van der Waals surface area (Å²) < 4.78 is 5.59. The monoisotopic (exact) mass is 297 g/mol. The van der Waals surface area contributed by atoms with Crippen LogP contribution in [0.2, 0.25) is 10.3 Å². The van der Waals surface area contributed by atoms with Crippen LogP contribution in [0, 0.1) is 0 Å². The number of amides is 1. The summed E-state index contributed by atoms with van der Waals surface area (Å²) in [5.74, 6) is 0.496. The molecule has 1 heterocycles. The number of anilines is 1. The van der Waals surface area contributed by atoms with Crippen molar-refractivity contribution < 1.29 is 9.53 Å². The Bertz CT molecular complexity index is 620. The van der Waals surface area contributed by atoms with E-state index in [0.29, 0.717) is 11.4 Å². The molecule has 0 aliphatic heterocycles. The van der Waals surface area contributed by atoms with Crippen LogP contribution in [0.4, 0.5) is 5.69 Å². The highest BCUT2D eigenvalue weighted by atomic mass is 35.5. The molecule has 7 heteroatoms. The van der Waals surface area contributed by atoms with Crippen molar-refractivity contribution in [3.05, 3.63) is 40.6 Å². The van der Waals surface area contributed by atoms with Crippen LogP contribution < -0.4 is 10.1 Å². The molecule has 0 bridgehead atoms. The van der Waals surface area contributed by atoms with E-state index in [2.05, 4.69) is 15.5 Å². The van der Waals surface area contributed by atoms with Gasteiger partial charge in [0.2, 0.25) is 5.91 Å². The number of carbonyl (C=O) groups excluding carboxylic acids is 1. The van der Waals surface area contributed by atoms with E-state index in [4.69, 9.17) is 27.9 Å². The highest BCUT2D eigenvalue weighted by Crippen LogP contribution is 2.33. The van der Waals surface area contributed by atoms with Crippen molar-refractivity contribution in [3.8, 4) is 11.5 Å². The zero-order valence-corrected chi connectivity index (χ0v) is 11.4. The summed E-state index contributed by atoms with van der Waals surface area (Å²) in [6.07, 6.45) is 0. The van der Waals surface area contributed by atoms with Crippen molar-refractivity contribution in [2.24, 2.45) is 0 Å². The van der Waals surface area contributed by atoms with Crippen LogP contribution in [-0.4, -0.2) is 16.1 Å². The Morgan fingerprint density at radius 2 is 1.95 bits per heavy atom. The van der Waals surface area contributed by atoms with Crippen molar-refractivity contribution in [2.75, 3.05) is 5.32 Å². The number of hydrogen-bond donors (Lipinski definition) is 1. The maximum Gasteiger partial charge on any atom is 0.221 e. The molecule has 0 saturated heterocycles. The lowest BCUT2D eigenvalue weighted by Gasteiger charge is -2.11. The van der Waals surface area contributed by atoms with Gasteiger partial charge in [0.15, 0.2) is 21.8 Å². The molecule has 0 spiro atoms. The topological polar surface area (TPSA) is 64.1 Å². The largest absolute Gasteiger partial charge is 0.452 e. The van der Waals surface area contributed by atoms with Gasteiger partial charge in [0.05, 0.1) is 5.69 Å². The third-order valence-electron chi connectivity index (χ3n) is 2.10. The van der Waals surface area contributed by atoms with Gasteiger partial charge in [-0.1, -0.05) is 35.3 Å². The van der Waals surface area contributed by atoms with Crippen LogP contribution >= 0.6 is 23.2 Å². The molecule has 0 atom stereocenters. The van der Waals surface area contributed by atoms with E-state index in [1.807, 2.05) is 0 Å². The Hall–Kier alpha value is -1.85. The molecule has 1 N–H and O–H groups in total. The number of hydrogen-bond acceptors (Lipinski definition) is 4. The van der Waals surface area contributed by atoms with E-state index in [0.717, 1.165) is 0 Å². The molecule has 0 fully saturated rings. The summed E-state index contributed by atoms with van der Waals surface area (Å²) in [7, 11) is 0. The number of benzene rings is 1. The van der Waals surface area contributed by atoms with Gasteiger partial charge in [-0.3, -0.25) is 4.79 Å². The number of nitrogens with one attached hydrogen (secondary N) is 1. The average Bonchev–Trinajstić information content (AvgIpc) is 2.35. The highest BCUT2D eigenvalue weighted by Gasteiger charge is 2.10. The van der Waals surface area contributed by atoms with Crippen molar-refractivity contribution in [1.82, 2.24) is 10.2 Å². The first-order valence-corrected chi connectivity index (χ1v) is 6.05. The molecule has 98 valence electrons. The summed E-state index contributed by atoms with van der Waals surface area (Å²) >= 11 is 11.6. The lowest BCUT2D eigenvalue weighted by Crippen LogP contribution is -2.06.